The highest BCUT2D eigenvalue weighted by atomic mass is 16.6. The summed E-state index contributed by atoms with van der Waals surface area (Å²) >= 11 is 0. The molecular weight excluding hydrogens is 294 g/mol. The maximum absolute atomic E-state index is 12.4. The summed E-state index contributed by atoms with van der Waals surface area (Å²) in [5, 5.41) is 3.95. The minimum atomic E-state index is -0.390. The second-order valence-electron chi connectivity index (χ2n) is 4.94. The highest BCUT2D eigenvalue weighted by Gasteiger charge is 2.16. The molecule has 1 aromatic carbocycles. The molecule has 2 aromatic heterocycles. The van der Waals surface area contributed by atoms with Crippen molar-refractivity contribution in [1.82, 2.24) is 15.0 Å². The summed E-state index contributed by atoms with van der Waals surface area (Å²) in [5.41, 5.74) is 0.658. The van der Waals surface area contributed by atoms with Gasteiger partial charge in [0.05, 0.1) is 5.39 Å². The Bertz CT molecular complexity index is 904. The van der Waals surface area contributed by atoms with Gasteiger partial charge in [0.15, 0.2) is 0 Å². The average molecular weight is 309 g/mol. The van der Waals surface area contributed by atoms with E-state index >= 15 is 0 Å². The number of rotatable bonds is 4. The maximum Gasteiger partial charge on any atom is 0.291 e. The van der Waals surface area contributed by atoms with Gasteiger partial charge in [0.1, 0.15) is 12.8 Å². The van der Waals surface area contributed by atoms with E-state index in [9.17, 15) is 9.59 Å². The summed E-state index contributed by atoms with van der Waals surface area (Å²) in [6, 6.07) is 12.4. The van der Waals surface area contributed by atoms with E-state index in [0.29, 0.717) is 17.3 Å². The SMILES string of the molecule is COn1c(C(=O)NCc2cccnc2)cc2ccccc2c1=O. The molecule has 0 unspecified atom stereocenters. The number of pyridine rings is 2. The van der Waals surface area contributed by atoms with E-state index in [-0.39, 0.29) is 11.3 Å². The number of benzene rings is 1. The number of fused-ring (bicyclic) bond motifs is 1. The molecule has 6 nitrogen and oxygen atoms in total. The lowest BCUT2D eigenvalue weighted by atomic mass is 10.1. The number of nitrogens with one attached hydrogen (secondary N) is 1. The van der Waals surface area contributed by atoms with Crippen molar-refractivity contribution >= 4 is 16.7 Å². The van der Waals surface area contributed by atoms with Crippen LogP contribution in [0.15, 0.2) is 59.7 Å². The van der Waals surface area contributed by atoms with Crippen molar-refractivity contribution in [3.63, 3.8) is 0 Å². The molecule has 2 heterocycles. The molecule has 0 saturated heterocycles. The van der Waals surface area contributed by atoms with Crippen molar-refractivity contribution < 1.29 is 9.63 Å². The minimum Gasteiger partial charge on any atom is -0.413 e. The Morgan fingerprint density at radius 3 is 2.83 bits per heavy atom. The fourth-order valence-corrected chi connectivity index (χ4v) is 2.36. The van der Waals surface area contributed by atoms with Gasteiger partial charge in [0.2, 0.25) is 0 Å². The standard InChI is InChI=1S/C17H15N3O3/c1-23-20-15(9-13-6-2-3-7-14(13)17(20)22)16(21)19-11-12-5-4-8-18-10-12/h2-10H,11H2,1H3,(H,19,21). The molecule has 0 bridgehead atoms. The van der Waals surface area contributed by atoms with Crippen molar-refractivity contribution in [2.45, 2.75) is 6.54 Å². The first-order valence-corrected chi connectivity index (χ1v) is 7.07. The van der Waals surface area contributed by atoms with Crippen molar-refractivity contribution in [1.29, 1.82) is 0 Å². The van der Waals surface area contributed by atoms with Gasteiger partial charge in [-0.3, -0.25) is 14.6 Å². The Labute approximate surface area is 132 Å². The van der Waals surface area contributed by atoms with Crippen molar-refractivity contribution in [3.8, 4) is 0 Å². The highest BCUT2D eigenvalue weighted by molar-refractivity contribution is 5.96. The molecule has 0 atom stereocenters. The molecule has 0 aliphatic carbocycles. The maximum atomic E-state index is 12.4. The largest absolute Gasteiger partial charge is 0.413 e. The number of hydrogen-bond acceptors (Lipinski definition) is 4. The Morgan fingerprint density at radius 1 is 1.26 bits per heavy atom. The van der Waals surface area contributed by atoms with E-state index in [4.69, 9.17) is 4.84 Å². The lowest BCUT2D eigenvalue weighted by Gasteiger charge is -2.12. The van der Waals surface area contributed by atoms with Gasteiger partial charge in [0, 0.05) is 18.9 Å². The van der Waals surface area contributed by atoms with E-state index in [1.807, 2.05) is 12.1 Å². The first-order chi connectivity index (χ1) is 11.2. The van der Waals surface area contributed by atoms with Crippen LogP contribution in [-0.2, 0) is 6.54 Å². The predicted molar refractivity (Wildman–Crippen MR) is 86.1 cm³/mol. The lowest BCUT2D eigenvalue weighted by molar-refractivity contribution is 0.0882. The first-order valence-electron chi connectivity index (χ1n) is 7.07. The topological polar surface area (TPSA) is 73.2 Å². The summed E-state index contributed by atoms with van der Waals surface area (Å²) < 4.78 is 1.00. The summed E-state index contributed by atoms with van der Waals surface area (Å²) in [4.78, 5) is 33.9. The third kappa shape index (κ3) is 2.91. The first kappa shape index (κ1) is 14.8. The van der Waals surface area contributed by atoms with Gasteiger partial charge in [-0.1, -0.05) is 24.3 Å². The van der Waals surface area contributed by atoms with E-state index in [1.165, 1.54) is 7.11 Å². The fourth-order valence-electron chi connectivity index (χ4n) is 2.36. The van der Waals surface area contributed by atoms with Crippen LogP contribution >= 0.6 is 0 Å². The van der Waals surface area contributed by atoms with Gasteiger partial charge in [-0.25, -0.2) is 0 Å². The Morgan fingerprint density at radius 2 is 2.09 bits per heavy atom. The summed E-state index contributed by atoms with van der Waals surface area (Å²) in [5.74, 6) is -0.390. The average Bonchev–Trinajstić information content (AvgIpc) is 2.60. The van der Waals surface area contributed by atoms with Gasteiger partial charge < -0.3 is 10.2 Å². The molecule has 0 aliphatic rings. The van der Waals surface area contributed by atoms with E-state index in [1.54, 1.807) is 42.7 Å². The van der Waals surface area contributed by atoms with Crippen molar-refractivity contribution in [2.75, 3.05) is 7.11 Å². The normalized spacial score (nSPS) is 10.5. The van der Waals surface area contributed by atoms with Gasteiger partial charge in [-0.15, -0.1) is 4.73 Å². The third-order valence-electron chi connectivity index (χ3n) is 3.48. The number of nitrogens with zero attached hydrogens (tertiary/aromatic N) is 2. The van der Waals surface area contributed by atoms with Crippen LogP contribution in [0, 0.1) is 0 Å². The van der Waals surface area contributed by atoms with E-state index in [2.05, 4.69) is 10.3 Å². The Hall–Kier alpha value is -3.15. The van der Waals surface area contributed by atoms with Crippen molar-refractivity contribution in [2.24, 2.45) is 0 Å². The monoisotopic (exact) mass is 309 g/mol. The molecule has 0 radical (unpaired) electrons. The molecule has 116 valence electrons. The fraction of sp³-hybridized carbons (Fsp3) is 0.118. The molecule has 23 heavy (non-hydrogen) atoms. The van der Waals surface area contributed by atoms with Crippen molar-refractivity contribution in [3.05, 3.63) is 76.5 Å². The molecule has 0 saturated carbocycles. The molecule has 0 aliphatic heterocycles. The van der Waals surface area contributed by atoms with Crippen LogP contribution in [0.1, 0.15) is 16.1 Å². The Kier molecular flexibility index (Phi) is 4.05. The molecule has 1 amide bonds. The third-order valence-corrected chi connectivity index (χ3v) is 3.48. The quantitative estimate of drug-likeness (QED) is 0.790. The molecule has 0 spiro atoms. The zero-order chi connectivity index (χ0) is 16.2. The van der Waals surface area contributed by atoms with Crippen LogP contribution in [0.5, 0.6) is 0 Å². The minimum absolute atomic E-state index is 0.153. The lowest BCUT2D eigenvalue weighted by Crippen LogP contribution is -2.34. The van der Waals surface area contributed by atoms with Crippen LogP contribution in [0.25, 0.3) is 10.8 Å². The van der Waals surface area contributed by atoms with Crippen LogP contribution in [0.3, 0.4) is 0 Å². The predicted octanol–water partition coefficient (Wildman–Crippen LogP) is 1.38. The van der Waals surface area contributed by atoms with Crippen LogP contribution in [0.2, 0.25) is 0 Å². The molecule has 1 N–H and O–H groups in total. The van der Waals surface area contributed by atoms with Gasteiger partial charge in [-0.05, 0) is 29.1 Å². The van der Waals surface area contributed by atoms with Gasteiger partial charge in [0.25, 0.3) is 11.5 Å². The van der Waals surface area contributed by atoms with Crippen LogP contribution < -0.4 is 15.7 Å². The number of carbonyl (C=O) groups excluding carboxylic acids is 1. The summed E-state index contributed by atoms with van der Waals surface area (Å²) in [6.07, 6.45) is 3.33. The molecule has 3 aromatic rings. The molecule has 6 heteroatoms. The number of aromatic nitrogens is 2. The molecular formula is C17H15N3O3. The Balaban J connectivity index is 1.95. The zero-order valence-electron chi connectivity index (χ0n) is 12.5. The van der Waals surface area contributed by atoms with Gasteiger partial charge >= 0.3 is 0 Å². The van der Waals surface area contributed by atoms with Crippen LogP contribution in [-0.4, -0.2) is 22.7 Å². The van der Waals surface area contributed by atoms with Crippen LogP contribution in [0.4, 0.5) is 0 Å². The second-order valence-corrected chi connectivity index (χ2v) is 4.94. The number of carbonyl (C=O) groups is 1. The molecule has 3 rings (SSSR count). The van der Waals surface area contributed by atoms with E-state index < -0.39 is 5.91 Å². The molecule has 0 fully saturated rings. The highest BCUT2D eigenvalue weighted by Crippen LogP contribution is 2.11. The van der Waals surface area contributed by atoms with Gasteiger partial charge in [-0.2, -0.15) is 0 Å². The number of amides is 1. The zero-order valence-corrected chi connectivity index (χ0v) is 12.5. The number of hydrogen-bond donors (Lipinski definition) is 1. The second kappa shape index (κ2) is 6.31. The summed E-state index contributed by atoms with van der Waals surface area (Å²) in [7, 11) is 1.36. The van der Waals surface area contributed by atoms with E-state index in [0.717, 1.165) is 10.3 Å². The smallest absolute Gasteiger partial charge is 0.291 e. The summed E-state index contributed by atoms with van der Waals surface area (Å²) in [6.45, 7) is 0.317.